The summed E-state index contributed by atoms with van der Waals surface area (Å²) in [5.41, 5.74) is 3.23. The van der Waals surface area contributed by atoms with Gasteiger partial charge in [-0.25, -0.2) is 0 Å². The highest BCUT2D eigenvalue weighted by molar-refractivity contribution is 5.81. The van der Waals surface area contributed by atoms with Crippen molar-refractivity contribution < 1.29 is 4.79 Å². The first kappa shape index (κ1) is 13.4. The second-order valence-corrected chi connectivity index (χ2v) is 6.69. The van der Waals surface area contributed by atoms with E-state index in [-0.39, 0.29) is 0 Å². The molecule has 0 unspecified atom stereocenters. The predicted octanol–water partition coefficient (Wildman–Crippen LogP) is 1.70. The molecule has 2 aromatic rings. The summed E-state index contributed by atoms with van der Waals surface area (Å²) >= 11 is 0. The maximum Gasteiger partial charge on any atom is 0.209 e. The Kier molecular flexibility index (Phi) is 2.95. The fraction of sp³-hybridized carbons (Fsp3) is 0.412. The van der Waals surface area contributed by atoms with Crippen LogP contribution >= 0.6 is 0 Å². The van der Waals surface area contributed by atoms with Gasteiger partial charge < -0.3 is 9.88 Å². The molecule has 0 radical (unpaired) electrons. The molecular formula is C17H18N4O. The summed E-state index contributed by atoms with van der Waals surface area (Å²) in [5.74, 6) is 0. The third-order valence-electron chi connectivity index (χ3n) is 4.95. The first-order chi connectivity index (χ1) is 10.7. The lowest BCUT2D eigenvalue weighted by Crippen LogP contribution is -2.56. The quantitative estimate of drug-likeness (QED) is 0.876. The van der Waals surface area contributed by atoms with Crippen LogP contribution in [0.15, 0.2) is 24.3 Å². The standard InChI is InChI=1S/C17H18N4O/c18-7-15-6-14-5-13(1-2-16(14)19-15)8-21-10-17(11-21)3-4-20(9-17)12-22/h1-2,5-6,12,19H,3-4,8-11H2. The Bertz CT molecular complexity index is 767. The van der Waals surface area contributed by atoms with Crippen molar-refractivity contribution in [2.75, 3.05) is 26.2 Å². The number of carbonyl (C=O) groups is 1. The van der Waals surface area contributed by atoms with Crippen LogP contribution in [0.2, 0.25) is 0 Å². The van der Waals surface area contributed by atoms with Gasteiger partial charge in [0.2, 0.25) is 6.41 Å². The summed E-state index contributed by atoms with van der Waals surface area (Å²) in [6.45, 7) is 4.91. The van der Waals surface area contributed by atoms with Gasteiger partial charge in [-0.2, -0.15) is 5.26 Å². The molecule has 22 heavy (non-hydrogen) atoms. The number of benzene rings is 1. The summed E-state index contributed by atoms with van der Waals surface area (Å²) < 4.78 is 0. The average Bonchev–Trinajstić information content (AvgIpc) is 3.10. The monoisotopic (exact) mass is 294 g/mol. The lowest BCUT2D eigenvalue weighted by atomic mass is 9.79. The number of hydrogen-bond donors (Lipinski definition) is 1. The largest absolute Gasteiger partial charge is 0.346 e. The molecule has 1 aromatic heterocycles. The summed E-state index contributed by atoms with van der Waals surface area (Å²) in [6.07, 6.45) is 2.11. The number of fused-ring (bicyclic) bond motifs is 1. The maximum absolute atomic E-state index is 10.8. The molecular weight excluding hydrogens is 276 g/mol. The molecule has 1 N–H and O–H groups in total. The SMILES string of the molecule is N#Cc1cc2cc(CN3CC4(CCN(C=O)C4)C3)ccc2[nH]1. The van der Waals surface area contributed by atoms with Crippen molar-refractivity contribution in [3.63, 3.8) is 0 Å². The molecule has 0 bridgehead atoms. The Labute approximate surface area is 129 Å². The van der Waals surface area contributed by atoms with Gasteiger partial charge in [0, 0.05) is 49.0 Å². The van der Waals surface area contributed by atoms with Crippen LogP contribution in [0, 0.1) is 16.7 Å². The number of H-pyrrole nitrogens is 1. The molecule has 0 aliphatic carbocycles. The van der Waals surface area contributed by atoms with Crippen LogP contribution < -0.4 is 0 Å². The third kappa shape index (κ3) is 2.16. The van der Waals surface area contributed by atoms with E-state index in [2.05, 4.69) is 28.1 Å². The summed E-state index contributed by atoms with van der Waals surface area (Å²) in [6, 6.07) is 10.4. The number of amides is 1. The van der Waals surface area contributed by atoms with Crippen LogP contribution in [0.5, 0.6) is 0 Å². The van der Waals surface area contributed by atoms with Crippen LogP contribution in [0.4, 0.5) is 0 Å². The second kappa shape index (κ2) is 4.85. The zero-order valence-corrected chi connectivity index (χ0v) is 12.4. The Morgan fingerprint density at radius 3 is 2.91 bits per heavy atom. The van der Waals surface area contributed by atoms with E-state index in [0.717, 1.165) is 56.5 Å². The lowest BCUT2D eigenvalue weighted by molar-refractivity contribution is -0.118. The van der Waals surface area contributed by atoms with Gasteiger partial charge >= 0.3 is 0 Å². The lowest BCUT2D eigenvalue weighted by Gasteiger charge is -2.48. The molecule has 3 heterocycles. The van der Waals surface area contributed by atoms with Gasteiger partial charge in [0.05, 0.1) is 0 Å². The van der Waals surface area contributed by atoms with Gasteiger partial charge in [0.25, 0.3) is 0 Å². The number of likely N-dealkylation sites (tertiary alicyclic amines) is 2. The Hall–Kier alpha value is -2.32. The molecule has 2 aliphatic rings. The van der Waals surface area contributed by atoms with E-state index < -0.39 is 0 Å². The minimum absolute atomic E-state index is 0.340. The topological polar surface area (TPSA) is 63.1 Å². The molecule has 5 nitrogen and oxygen atoms in total. The molecule has 1 amide bonds. The average molecular weight is 294 g/mol. The first-order valence-corrected chi connectivity index (χ1v) is 7.63. The number of aromatic nitrogens is 1. The van der Waals surface area contributed by atoms with E-state index >= 15 is 0 Å². The number of hydrogen-bond acceptors (Lipinski definition) is 3. The van der Waals surface area contributed by atoms with Crippen LogP contribution in [0.1, 0.15) is 17.7 Å². The van der Waals surface area contributed by atoms with Crippen molar-refractivity contribution in [3.05, 3.63) is 35.5 Å². The number of aromatic amines is 1. The number of rotatable bonds is 3. The highest BCUT2D eigenvalue weighted by Crippen LogP contribution is 2.39. The van der Waals surface area contributed by atoms with Gasteiger partial charge in [-0.15, -0.1) is 0 Å². The van der Waals surface area contributed by atoms with E-state index in [1.54, 1.807) is 0 Å². The minimum atomic E-state index is 0.340. The molecule has 5 heteroatoms. The van der Waals surface area contributed by atoms with Crippen molar-refractivity contribution in [1.82, 2.24) is 14.8 Å². The maximum atomic E-state index is 10.8. The zero-order chi connectivity index (χ0) is 15.2. The van der Waals surface area contributed by atoms with E-state index in [0.29, 0.717) is 11.1 Å². The van der Waals surface area contributed by atoms with E-state index in [1.165, 1.54) is 5.56 Å². The van der Waals surface area contributed by atoms with Crippen molar-refractivity contribution in [1.29, 1.82) is 5.26 Å². The predicted molar refractivity (Wildman–Crippen MR) is 83.0 cm³/mol. The Morgan fingerprint density at radius 2 is 2.18 bits per heavy atom. The molecule has 2 saturated heterocycles. The van der Waals surface area contributed by atoms with Crippen LogP contribution in [0.3, 0.4) is 0 Å². The third-order valence-corrected chi connectivity index (χ3v) is 4.95. The molecule has 112 valence electrons. The number of carbonyl (C=O) groups excluding carboxylic acids is 1. The number of nitrogens with zero attached hydrogens (tertiary/aromatic N) is 3. The summed E-state index contributed by atoms with van der Waals surface area (Å²) in [7, 11) is 0. The van der Waals surface area contributed by atoms with Crippen molar-refractivity contribution in [2.24, 2.45) is 5.41 Å². The highest BCUT2D eigenvalue weighted by Gasteiger charge is 2.47. The van der Waals surface area contributed by atoms with E-state index in [4.69, 9.17) is 5.26 Å². The van der Waals surface area contributed by atoms with Crippen molar-refractivity contribution in [2.45, 2.75) is 13.0 Å². The first-order valence-electron chi connectivity index (χ1n) is 7.63. The smallest absolute Gasteiger partial charge is 0.209 e. The van der Waals surface area contributed by atoms with E-state index in [1.807, 2.05) is 17.0 Å². The molecule has 2 fully saturated rings. The van der Waals surface area contributed by atoms with Crippen LogP contribution in [0.25, 0.3) is 10.9 Å². The highest BCUT2D eigenvalue weighted by atomic mass is 16.1. The number of nitriles is 1. The molecule has 0 saturated carbocycles. The van der Waals surface area contributed by atoms with Gasteiger partial charge in [-0.1, -0.05) is 6.07 Å². The van der Waals surface area contributed by atoms with Crippen molar-refractivity contribution in [3.8, 4) is 6.07 Å². The van der Waals surface area contributed by atoms with E-state index in [9.17, 15) is 4.79 Å². The Morgan fingerprint density at radius 1 is 1.32 bits per heavy atom. The van der Waals surface area contributed by atoms with Crippen LogP contribution in [-0.4, -0.2) is 47.4 Å². The molecule has 1 aromatic carbocycles. The van der Waals surface area contributed by atoms with Crippen LogP contribution in [-0.2, 0) is 11.3 Å². The molecule has 2 aliphatic heterocycles. The minimum Gasteiger partial charge on any atom is -0.346 e. The second-order valence-electron chi connectivity index (χ2n) is 6.69. The molecule has 4 rings (SSSR count). The van der Waals surface area contributed by atoms with Gasteiger partial charge in [-0.05, 0) is 30.2 Å². The molecule has 1 spiro atoms. The fourth-order valence-electron chi connectivity index (χ4n) is 3.93. The van der Waals surface area contributed by atoms with Gasteiger partial charge in [-0.3, -0.25) is 9.69 Å². The summed E-state index contributed by atoms with van der Waals surface area (Å²) in [4.78, 5) is 18.3. The zero-order valence-electron chi connectivity index (χ0n) is 12.4. The van der Waals surface area contributed by atoms with Gasteiger partial charge in [0.1, 0.15) is 11.8 Å². The van der Waals surface area contributed by atoms with Gasteiger partial charge in [0.15, 0.2) is 0 Å². The summed E-state index contributed by atoms with van der Waals surface area (Å²) in [5, 5.41) is 10.0. The normalized spacial score (nSPS) is 20.2. The molecule has 0 atom stereocenters. The van der Waals surface area contributed by atoms with Crippen molar-refractivity contribution >= 4 is 17.3 Å². The Balaban J connectivity index is 1.43. The fourth-order valence-corrected chi connectivity index (χ4v) is 3.93. The number of nitrogens with one attached hydrogen (secondary N) is 1.